The normalized spacial score (nSPS) is 11.1. The number of nitrogens with zero attached hydrogens (tertiary/aromatic N) is 2. The van der Waals surface area contributed by atoms with E-state index in [4.69, 9.17) is 10.4 Å². The monoisotopic (exact) mass is 254 g/mol. The molecule has 0 unspecified atom stereocenters. The van der Waals surface area contributed by atoms with E-state index < -0.39 is 11.4 Å². The molecule has 102 valence electrons. The van der Waals surface area contributed by atoms with E-state index in [-0.39, 0.29) is 24.8 Å². The van der Waals surface area contributed by atoms with Gasteiger partial charge in [0.2, 0.25) is 5.91 Å². The van der Waals surface area contributed by atoms with Crippen LogP contribution in [0.25, 0.3) is 0 Å². The van der Waals surface area contributed by atoms with E-state index in [1.54, 1.807) is 18.7 Å². The quantitative estimate of drug-likeness (QED) is 0.753. The molecule has 5 nitrogen and oxygen atoms in total. The lowest BCUT2D eigenvalue weighted by Gasteiger charge is -2.30. The van der Waals surface area contributed by atoms with Crippen molar-refractivity contribution in [3.05, 3.63) is 0 Å². The Labute approximate surface area is 108 Å². The van der Waals surface area contributed by atoms with Crippen LogP contribution in [-0.4, -0.2) is 34.5 Å². The van der Waals surface area contributed by atoms with E-state index in [9.17, 15) is 9.59 Å². The van der Waals surface area contributed by atoms with Crippen LogP contribution in [0.3, 0.4) is 0 Å². The highest BCUT2D eigenvalue weighted by atomic mass is 16.4. The smallest absolute Gasteiger partial charge is 0.303 e. The minimum atomic E-state index is -0.902. The maximum atomic E-state index is 12.1. The van der Waals surface area contributed by atoms with E-state index >= 15 is 0 Å². The highest BCUT2D eigenvalue weighted by molar-refractivity contribution is 5.78. The zero-order valence-electron chi connectivity index (χ0n) is 11.6. The molecular formula is C13H22N2O3. The SMILES string of the molecule is CC(C)N(CCC#N)C(=O)CC(C)(C)CC(=O)O. The number of hydrogen-bond donors (Lipinski definition) is 1. The van der Waals surface area contributed by atoms with Gasteiger partial charge < -0.3 is 10.0 Å². The fraction of sp³-hybridized carbons (Fsp3) is 0.769. The maximum absolute atomic E-state index is 12.1. The summed E-state index contributed by atoms with van der Waals surface area (Å²) in [6.07, 6.45) is 0.440. The van der Waals surface area contributed by atoms with Crippen LogP contribution in [0.2, 0.25) is 0 Å². The average Bonchev–Trinajstić information content (AvgIpc) is 2.14. The minimum Gasteiger partial charge on any atom is -0.481 e. The van der Waals surface area contributed by atoms with Crippen molar-refractivity contribution in [3.63, 3.8) is 0 Å². The number of carbonyl (C=O) groups excluding carboxylic acids is 1. The van der Waals surface area contributed by atoms with Crippen molar-refractivity contribution in [2.75, 3.05) is 6.54 Å². The molecule has 0 aromatic rings. The molecule has 0 bridgehead atoms. The van der Waals surface area contributed by atoms with Gasteiger partial charge in [-0.25, -0.2) is 0 Å². The Morgan fingerprint density at radius 3 is 2.28 bits per heavy atom. The number of nitriles is 1. The molecule has 0 aliphatic carbocycles. The third-order valence-corrected chi connectivity index (χ3v) is 2.67. The van der Waals surface area contributed by atoms with Crippen LogP contribution in [0, 0.1) is 16.7 Å². The molecule has 1 amide bonds. The van der Waals surface area contributed by atoms with Gasteiger partial charge >= 0.3 is 5.97 Å². The van der Waals surface area contributed by atoms with E-state index in [0.717, 1.165) is 0 Å². The molecule has 0 rings (SSSR count). The summed E-state index contributed by atoms with van der Waals surface area (Å²) in [7, 11) is 0. The first-order valence-electron chi connectivity index (χ1n) is 6.08. The molecule has 1 N–H and O–H groups in total. The summed E-state index contributed by atoms with van der Waals surface area (Å²) in [6.45, 7) is 7.71. The van der Waals surface area contributed by atoms with E-state index in [2.05, 4.69) is 0 Å². The number of aliphatic carboxylic acids is 1. The maximum Gasteiger partial charge on any atom is 0.303 e. The summed E-state index contributed by atoms with van der Waals surface area (Å²) in [5.74, 6) is -0.993. The van der Waals surface area contributed by atoms with Crippen LogP contribution < -0.4 is 0 Å². The zero-order chi connectivity index (χ0) is 14.3. The van der Waals surface area contributed by atoms with Crippen LogP contribution in [0.15, 0.2) is 0 Å². The second-order valence-electron chi connectivity index (χ2n) is 5.50. The number of carboxylic acids is 1. The van der Waals surface area contributed by atoms with Crippen molar-refractivity contribution in [1.82, 2.24) is 4.90 Å². The lowest BCUT2D eigenvalue weighted by Crippen LogP contribution is -2.40. The van der Waals surface area contributed by atoms with Crippen LogP contribution in [-0.2, 0) is 9.59 Å². The summed E-state index contributed by atoms with van der Waals surface area (Å²) < 4.78 is 0. The van der Waals surface area contributed by atoms with Gasteiger partial charge in [0.25, 0.3) is 0 Å². The fourth-order valence-corrected chi connectivity index (χ4v) is 1.82. The Morgan fingerprint density at radius 1 is 1.33 bits per heavy atom. The summed E-state index contributed by atoms with van der Waals surface area (Å²) in [5.41, 5.74) is -0.567. The Hall–Kier alpha value is -1.57. The highest BCUT2D eigenvalue weighted by Gasteiger charge is 2.28. The highest BCUT2D eigenvalue weighted by Crippen LogP contribution is 2.26. The van der Waals surface area contributed by atoms with Crippen LogP contribution in [0.5, 0.6) is 0 Å². The van der Waals surface area contributed by atoms with Crippen molar-refractivity contribution in [2.24, 2.45) is 5.41 Å². The molecular weight excluding hydrogens is 232 g/mol. The first-order chi connectivity index (χ1) is 8.19. The molecule has 5 heteroatoms. The molecule has 0 saturated carbocycles. The van der Waals surface area contributed by atoms with Gasteiger partial charge in [-0.1, -0.05) is 13.8 Å². The molecule has 0 atom stereocenters. The van der Waals surface area contributed by atoms with Crippen molar-refractivity contribution in [3.8, 4) is 6.07 Å². The molecule has 0 radical (unpaired) electrons. The third kappa shape index (κ3) is 6.24. The van der Waals surface area contributed by atoms with Gasteiger partial charge in [0.05, 0.1) is 18.9 Å². The number of carboxylic acid groups (broad SMARTS) is 1. The topological polar surface area (TPSA) is 81.4 Å². The second kappa shape index (κ2) is 7.00. The van der Waals surface area contributed by atoms with Gasteiger partial charge in [0, 0.05) is 19.0 Å². The molecule has 0 aromatic carbocycles. The molecule has 18 heavy (non-hydrogen) atoms. The van der Waals surface area contributed by atoms with Gasteiger partial charge in [-0.05, 0) is 19.3 Å². The number of hydrogen-bond acceptors (Lipinski definition) is 3. The zero-order valence-corrected chi connectivity index (χ0v) is 11.6. The summed E-state index contributed by atoms with van der Waals surface area (Å²) in [6, 6.07) is 2.03. The lowest BCUT2D eigenvalue weighted by atomic mass is 9.85. The first kappa shape index (κ1) is 16.4. The second-order valence-corrected chi connectivity index (χ2v) is 5.50. The van der Waals surface area contributed by atoms with Gasteiger partial charge in [-0.3, -0.25) is 9.59 Å². The largest absolute Gasteiger partial charge is 0.481 e. The standard InChI is InChI=1S/C13H22N2O3/c1-10(2)15(7-5-6-14)11(16)8-13(3,4)9-12(17)18/h10H,5,7-9H2,1-4H3,(H,17,18). The van der Waals surface area contributed by atoms with Crippen molar-refractivity contribution < 1.29 is 14.7 Å². The van der Waals surface area contributed by atoms with Crippen LogP contribution in [0.4, 0.5) is 0 Å². The van der Waals surface area contributed by atoms with Crippen molar-refractivity contribution >= 4 is 11.9 Å². The summed E-state index contributed by atoms with van der Waals surface area (Å²) in [5, 5.41) is 17.3. The van der Waals surface area contributed by atoms with Crippen LogP contribution in [0.1, 0.15) is 47.0 Å². The van der Waals surface area contributed by atoms with E-state index in [1.165, 1.54) is 0 Å². The fourth-order valence-electron chi connectivity index (χ4n) is 1.82. The number of amides is 1. The number of carbonyl (C=O) groups is 2. The first-order valence-corrected chi connectivity index (χ1v) is 6.08. The predicted molar refractivity (Wildman–Crippen MR) is 67.7 cm³/mol. The molecule has 0 spiro atoms. The Kier molecular flexibility index (Phi) is 6.39. The van der Waals surface area contributed by atoms with Crippen LogP contribution >= 0.6 is 0 Å². The molecule has 0 saturated heterocycles. The minimum absolute atomic E-state index is 0.0199. The average molecular weight is 254 g/mol. The predicted octanol–water partition coefficient (Wildman–Crippen LogP) is 2.03. The van der Waals surface area contributed by atoms with Crippen molar-refractivity contribution in [1.29, 1.82) is 5.26 Å². The third-order valence-electron chi connectivity index (χ3n) is 2.67. The van der Waals surface area contributed by atoms with E-state index in [1.807, 2.05) is 19.9 Å². The van der Waals surface area contributed by atoms with Gasteiger partial charge in [-0.2, -0.15) is 5.26 Å². The molecule has 0 aliphatic rings. The van der Waals surface area contributed by atoms with Gasteiger partial charge in [0.1, 0.15) is 0 Å². The Morgan fingerprint density at radius 2 is 1.89 bits per heavy atom. The molecule has 0 aliphatic heterocycles. The summed E-state index contributed by atoms with van der Waals surface area (Å²) >= 11 is 0. The Balaban J connectivity index is 4.60. The van der Waals surface area contributed by atoms with Crippen molar-refractivity contribution in [2.45, 2.75) is 53.0 Å². The summed E-state index contributed by atoms with van der Waals surface area (Å²) in [4.78, 5) is 24.4. The number of rotatable bonds is 7. The van der Waals surface area contributed by atoms with Gasteiger partial charge in [-0.15, -0.1) is 0 Å². The molecule has 0 aromatic heterocycles. The molecule has 0 heterocycles. The Bertz CT molecular complexity index is 343. The van der Waals surface area contributed by atoms with Gasteiger partial charge in [0.15, 0.2) is 0 Å². The van der Waals surface area contributed by atoms with E-state index in [0.29, 0.717) is 13.0 Å². The molecule has 0 fully saturated rings. The lowest BCUT2D eigenvalue weighted by molar-refractivity contribution is -0.141.